The number of nitrogens with two attached hydrogens (primary N) is 1. The Morgan fingerprint density at radius 3 is 2.62 bits per heavy atom. The zero-order valence-electron chi connectivity index (χ0n) is 17.7. The molecule has 2 fully saturated rings. The van der Waals surface area contributed by atoms with Crippen molar-refractivity contribution >= 4 is 35.2 Å². The van der Waals surface area contributed by atoms with E-state index in [2.05, 4.69) is 5.32 Å². The number of methoxy groups -OCH3 is 1. The van der Waals surface area contributed by atoms with Gasteiger partial charge in [-0.1, -0.05) is 30.0 Å². The average Bonchev–Trinajstić information content (AvgIpc) is 3.35. The van der Waals surface area contributed by atoms with Gasteiger partial charge < -0.3 is 25.2 Å². The summed E-state index contributed by atoms with van der Waals surface area (Å²) in [6.07, 6.45) is 0. The van der Waals surface area contributed by atoms with Crippen LogP contribution in [0.15, 0.2) is 42.5 Å². The van der Waals surface area contributed by atoms with Gasteiger partial charge in [0.15, 0.2) is 6.04 Å². The van der Waals surface area contributed by atoms with Crippen LogP contribution in [-0.2, 0) is 9.59 Å². The minimum atomic E-state index is -0.689. The topological polar surface area (TPSA) is 95.6 Å². The first-order chi connectivity index (χ1) is 15.5. The van der Waals surface area contributed by atoms with Crippen LogP contribution in [0.3, 0.4) is 0 Å². The number of hydrogen-bond donors (Lipinski definition) is 2. The molecule has 166 valence electrons. The van der Waals surface area contributed by atoms with Crippen molar-refractivity contribution in [2.75, 3.05) is 43.7 Å². The van der Waals surface area contributed by atoms with Crippen molar-refractivity contribution in [2.24, 2.45) is 0 Å². The Kier molecular flexibility index (Phi) is 5.52. The monoisotopic (exact) mass is 453 g/mol. The van der Waals surface area contributed by atoms with Crippen LogP contribution in [0.4, 0.5) is 5.69 Å². The molecule has 32 heavy (non-hydrogen) atoms. The third-order valence-electron chi connectivity index (χ3n) is 6.30. The fraction of sp³-hybridized carbons (Fsp3) is 0.348. The molecule has 3 N–H and O–H groups in total. The van der Waals surface area contributed by atoms with Gasteiger partial charge >= 0.3 is 0 Å². The highest BCUT2D eigenvalue weighted by Gasteiger charge is 2.42. The number of carbonyl (C=O) groups excluding carboxylic acids is 3. The number of rotatable bonds is 3. The second-order valence-electron chi connectivity index (χ2n) is 8.16. The summed E-state index contributed by atoms with van der Waals surface area (Å²) >= 11 is 1.74. The number of thioether (sulfide) groups is 1. The molecule has 3 aliphatic rings. The van der Waals surface area contributed by atoms with Crippen LogP contribution in [-0.4, -0.2) is 78.0 Å². The van der Waals surface area contributed by atoms with Gasteiger partial charge in [-0.25, -0.2) is 0 Å². The van der Waals surface area contributed by atoms with E-state index in [1.807, 2.05) is 41.7 Å². The molecule has 3 heterocycles. The van der Waals surface area contributed by atoms with Crippen molar-refractivity contribution in [3.05, 3.63) is 48.0 Å². The highest BCUT2D eigenvalue weighted by Crippen LogP contribution is 2.31. The van der Waals surface area contributed by atoms with Gasteiger partial charge in [0.25, 0.3) is 11.8 Å². The largest absolute Gasteiger partial charge is 0.497 e. The second-order valence-corrected chi connectivity index (χ2v) is 9.23. The molecule has 2 aromatic carbocycles. The molecule has 8 nitrogen and oxygen atoms in total. The molecule has 0 aromatic heterocycles. The van der Waals surface area contributed by atoms with Crippen LogP contribution in [0.1, 0.15) is 10.4 Å². The molecule has 0 bridgehead atoms. The molecule has 3 amide bonds. The third-order valence-corrected chi connectivity index (χ3v) is 7.32. The van der Waals surface area contributed by atoms with Crippen molar-refractivity contribution in [1.82, 2.24) is 9.80 Å². The minimum Gasteiger partial charge on any atom is -0.497 e. The van der Waals surface area contributed by atoms with Gasteiger partial charge in [-0.2, -0.15) is 0 Å². The van der Waals surface area contributed by atoms with Gasteiger partial charge in [0, 0.05) is 13.1 Å². The van der Waals surface area contributed by atoms with Gasteiger partial charge in [0.05, 0.1) is 30.7 Å². The molecule has 3 aliphatic heterocycles. The number of anilines is 1. The first-order valence-electron chi connectivity index (χ1n) is 10.7. The Balaban J connectivity index is 1.40. The number of hydrogen-bond acceptors (Lipinski definition) is 5. The SMILES string of the molecule is COc1ccc(-c2ccc3c(c2)C(=O)N2CCN(C(=O)[C@@H]4CSC[NH2+]4)C[C@@H]2C(=O)N3)cc1. The molecule has 0 saturated carbocycles. The number of ether oxygens (including phenoxy) is 1. The number of piperazine rings is 1. The average molecular weight is 454 g/mol. The summed E-state index contributed by atoms with van der Waals surface area (Å²) in [5, 5.41) is 4.94. The molecule has 2 atom stereocenters. The van der Waals surface area contributed by atoms with Crippen LogP contribution >= 0.6 is 11.8 Å². The van der Waals surface area contributed by atoms with E-state index in [4.69, 9.17) is 4.74 Å². The van der Waals surface area contributed by atoms with Gasteiger partial charge in [0.2, 0.25) is 5.91 Å². The van der Waals surface area contributed by atoms with E-state index in [1.54, 1.807) is 34.7 Å². The lowest BCUT2D eigenvalue weighted by atomic mass is 10.0. The van der Waals surface area contributed by atoms with Crippen molar-refractivity contribution in [1.29, 1.82) is 0 Å². The van der Waals surface area contributed by atoms with E-state index in [-0.39, 0.29) is 30.3 Å². The Labute approximate surface area is 190 Å². The number of quaternary nitrogens is 1. The molecule has 2 saturated heterocycles. The summed E-state index contributed by atoms with van der Waals surface area (Å²) in [6.45, 7) is 1.01. The molecule has 2 aromatic rings. The van der Waals surface area contributed by atoms with Gasteiger partial charge in [-0.3, -0.25) is 14.4 Å². The number of benzene rings is 2. The zero-order chi connectivity index (χ0) is 22.2. The molecule has 9 heteroatoms. The van der Waals surface area contributed by atoms with E-state index in [0.29, 0.717) is 24.3 Å². The number of nitrogens with zero attached hydrogens (tertiary/aromatic N) is 2. The molecule has 5 rings (SSSR count). The van der Waals surface area contributed by atoms with E-state index in [9.17, 15) is 14.4 Å². The number of amides is 3. The number of fused-ring (bicyclic) bond motifs is 2. The first-order valence-corrected chi connectivity index (χ1v) is 11.8. The quantitative estimate of drug-likeness (QED) is 0.710. The predicted molar refractivity (Wildman–Crippen MR) is 122 cm³/mol. The molecular formula is C23H25N4O4S+. The Hall–Kier alpha value is -3.04. The summed E-state index contributed by atoms with van der Waals surface area (Å²) in [5.41, 5.74) is 2.81. The zero-order valence-corrected chi connectivity index (χ0v) is 18.6. The smallest absolute Gasteiger partial charge is 0.281 e. The Morgan fingerprint density at radius 1 is 1.12 bits per heavy atom. The van der Waals surface area contributed by atoms with Crippen molar-refractivity contribution in [3.63, 3.8) is 0 Å². The molecule has 0 unspecified atom stereocenters. The van der Waals surface area contributed by atoms with E-state index in [0.717, 1.165) is 28.5 Å². The molecular weight excluding hydrogens is 428 g/mol. The van der Waals surface area contributed by atoms with Gasteiger partial charge in [-0.15, -0.1) is 0 Å². The number of carbonyl (C=O) groups is 3. The van der Waals surface area contributed by atoms with Crippen LogP contribution in [0.2, 0.25) is 0 Å². The lowest BCUT2D eigenvalue weighted by molar-refractivity contribution is -0.649. The summed E-state index contributed by atoms with van der Waals surface area (Å²) < 4.78 is 5.22. The predicted octanol–water partition coefficient (Wildman–Crippen LogP) is 0.604. The van der Waals surface area contributed by atoms with Gasteiger partial charge in [-0.05, 0) is 35.4 Å². The maximum Gasteiger partial charge on any atom is 0.281 e. The minimum absolute atomic E-state index is 0.0541. The van der Waals surface area contributed by atoms with Crippen molar-refractivity contribution in [2.45, 2.75) is 12.1 Å². The Bertz CT molecular complexity index is 1070. The van der Waals surface area contributed by atoms with Gasteiger partial charge in [0.1, 0.15) is 17.7 Å². The summed E-state index contributed by atoms with van der Waals surface area (Å²) in [4.78, 5) is 42.6. The Morgan fingerprint density at radius 2 is 1.91 bits per heavy atom. The van der Waals surface area contributed by atoms with E-state index in [1.165, 1.54) is 0 Å². The fourth-order valence-corrected chi connectivity index (χ4v) is 5.51. The molecule has 0 spiro atoms. The van der Waals surface area contributed by atoms with E-state index < -0.39 is 6.04 Å². The normalized spacial score (nSPS) is 22.7. The third kappa shape index (κ3) is 3.71. The summed E-state index contributed by atoms with van der Waals surface area (Å²) in [5.74, 6) is 2.04. The summed E-state index contributed by atoms with van der Waals surface area (Å²) in [6, 6.07) is 12.3. The summed E-state index contributed by atoms with van der Waals surface area (Å²) in [7, 11) is 1.62. The molecule has 0 radical (unpaired) electrons. The van der Waals surface area contributed by atoms with Crippen LogP contribution in [0.25, 0.3) is 11.1 Å². The first kappa shape index (κ1) is 20.8. The lowest BCUT2D eigenvalue weighted by Gasteiger charge is -2.39. The van der Waals surface area contributed by atoms with Crippen molar-refractivity contribution < 1.29 is 24.4 Å². The van der Waals surface area contributed by atoms with Crippen LogP contribution < -0.4 is 15.4 Å². The standard InChI is InChI=1S/C23H24N4O4S/c1-31-16-5-2-14(3-6-16)15-4-7-18-17(10-15)22(29)27-9-8-26(11-20(27)21(28)25-18)23(30)19-12-32-13-24-19/h2-7,10,19-20,24H,8-9,11-13H2,1H3,(H,25,28)/p+1/t19-,20+/m0/s1. The van der Waals surface area contributed by atoms with Crippen LogP contribution in [0.5, 0.6) is 5.75 Å². The van der Waals surface area contributed by atoms with Crippen LogP contribution in [0, 0.1) is 0 Å². The number of nitrogens with one attached hydrogen (secondary N) is 1. The highest BCUT2D eigenvalue weighted by molar-refractivity contribution is 7.99. The maximum absolute atomic E-state index is 13.4. The molecule has 0 aliphatic carbocycles. The maximum atomic E-state index is 13.4. The fourth-order valence-electron chi connectivity index (χ4n) is 4.47. The van der Waals surface area contributed by atoms with E-state index >= 15 is 0 Å². The second kappa shape index (κ2) is 8.48. The highest BCUT2D eigenvalue weighted by atomic mass is 32.2. The lowest BCUT2D eigenvalue weighted by Crippen LogP contribution is -2.90. The van der Waals surface area contributed by atoms with Crippen molar-refractivity contribution in [3.8, 4) is 16.9 Å².